The molecule has 4 rings (SSSR count). The van der Waals surface area contributed by atoms with Gasteiger partial charge in [-0.25, -0.2) is 0 Å². The van der Waals surface area contributed by atoms with Gasteiger partial charge in [-0.2, -0.15) is 0 Å². The highest BCUT2D eigenvalue weighted by molar-refractivity contribution is 14.0. The van der Waals surface area contributed by atoms with E-state index in [0.29, 0.717) is 32.6 Å². The maximum Gasteiger partial charge on any atom is 0.194 e. The van der Waals surface area contributed by atoms with Gasteiger partial charge in [0.15, 0.2) is 5.96 Å². The molecule has 4 fully saturated rings. The Bertz CT molecular complexity index is 504. The second-order valence-corrected chi connectivity index (χ2v) is 8.77. The number of nitrogens with zero attached hydrogens (tertiary/aromatic N) is 3. The van der Waals surface area contributed by atoms with E-state index in [0.717, 1.165) is 56.6 Å². The van der Waals surface area contributed by atoms with Gasteiger partial charge in [-0.05, 0) is 38.0 Å². The second kappa shape index (κ2) is 9.59. The number of aliphatic imine (C=N–C) groups is 1. The number of halogens is 1. The zero-order valence-electron chi connectivity index (χ0n) is 16.7. The first-order valence-corrected chi connectivity index (χ1v) is 10.7. The number of nitrogens with one attached hydrogen (secondary N) is 1. The summed E-state index contributed by atoms with van der Waals surface area (Å²) >= 11 is 0. The highest BCUT2D eigenvalue weighted by atomic mass is 127. The molecule has 2 aliphatic heterocycles. The summed E-state index contributed by atoms with van der Waals surface area (Å²) in [5.74, 6) is 2.96. The number of rotatable bonds is 4. The predicted octanol–water partition coefficient (Wildman–Crippen LogP) is 1.92. The largest absolute Gasteiger partial charge is 0.388 e. The summed E-state index contributed by atoms with van der Waals surface area (Å²) in [6.45, 7) is 9.13. The van der Waals surface area contributed by atoms with Crippen molar-refractivity contribution in [3.63, 3.8) is 0 Å². The number of hydrogen-bond acceptors (Lipinski definition) is 4. The van der Waals surface area contributed by atoms with Crippen molar-refractivity contribution in [3.8, 4) is 0 Å². The average Bonchev–Trinajstić information content (AvgIpc) is 3.29. The first kappa shape index (κ1) is 21.6. The van der Waals surface area contributed by atoms with Crippen molar-refractivity contribution in [3.05, 3.63) is 0 Å². The van der Waals surface area contributed by atoms with E-state index in [2.05, 4.69) is 22.0 Å². The van der Waals surface area contributed by atoms with E-state index in [-0.39, 0.29) is 24.0 Å². The number of piperazine rings is 1. The molecule has 156 valence electrons. The van der Waals surface area contributed by atoms with E-state index in [1.165, 1.54) is 25.7 Å². The summed E-state index contributed by atoms with van der Waals surface area (Å²) in [6, 6.07) is 0.846. The Balaban J connectivity index is 0.00000210. The van der Waals surface area contributed by atoms with Crippen LogP contribution in [0.2, 0.25) is 0 Å². The Morgan fingerprint density at radius 1 is 1.15 bits per heavy atom. The van der Waals surface area contributed by atoms with Crippen molar-refractivity contribution in [1.82, 2.24) is 15.1 Å². The van der Waals surface area contributed by atoms with Crippen LogP contribution in [0, 0.1) is 11.8 Å². The number of hydrogen-bond donors (Lipinski definition) is 2. The standard InChI is InChI=1S/C20H36N4O2.HI/c1-2-21-19(22-15-20(25)5-11-26-12-6-20)24-9-7-23(8-10-24)18-14-16-3-4-17(18)13-16;/h16-18,25H,2-15H2,1H3,(H,21,22);1H. The lowest BCUT2D eigenvalue weighted by Gasteiger charge is -2.42. The maximum absolute atomic E-state index is 10.7. The molecule has 0 amide bonds. The SMILES string of the molecule is CCNC(=NCC1(O)CCOCC1)N1CCN(C2CC3CCC2C3)CC1.I. The van der Waals surface area contributed by atoms with Gasteiger partial charge in [0.05, 0.1) is 12.1 Å². The zero-order chi connectivity index (χ0) is 18.0. The molecule has 6 nitrogen and oxygen atoms in total. The van der Waals surface area contributed by atoms with Crippen LogP contribution in [0.4, 0.5) is 0 Å². The lowest BCUT2D eigenvalue weighted by atomic mass is 9.93. The summed E-state index contributed by atoms with van der Waals surface area (Å²) in [7, 11) is 0. The number of fused-ring (bicyclic) bond motifs is 2. The highest BCUT2D eigenvalue weighted by Gasteiger charge is 2.42. The van der Waals surface area contributed by atoms with Gasteiger partial charge in [0, 0.05) is 64.8 Å². The third-order valence-electron chi connectivity index (χ3n) is 7.07. The Labute approximate surface area is 181 Å². The van der Waals surface area contributed by atoms with Gasteiger partial charge in [0.1, 0.15) is 0 Å². The molecule has 2 aliphatic carbocycles. The van der Waals surface area contributed by atoms with Crippen LogP contribution in [0.3, 0.4) is 0 Å². The van der Waals surface area contributed by atoms with Crippen LogP contribution in [-0.2, 0) is 4.74 Å². The molecule has 0 aromatic rings. The zero-order valence-corrected chi connectivity index (χ0v) is 19.1. The Kier molecular flexibility index (Phi) is 7.66. The predicted molar refractivity (Wildman–Crippen MR) is 119 cm³/mol. The fourth-order valence-electron chi connectivity index (χ4n) is 5.48. The maximum atomic E-state index is 10.7. The van der Waals surface area contributed by atoms with Gasteiger partial charge in [-0.1, -0.05) is 6.42 Å². The number of guanidine groups is 1. The molecule has 0 aromatic heterocycles. The van der Waals surface area contributed by atoms with Crippen molar-refractivity contribution in [1.29, 1.82) is 0 Å². The number of ether oxygens (including phenoxy) is 1. The molecular formula is C20H37IN4O2. The van der Waals surface area contributed by atoms with Crippen LogP contribution in [-0.4, -0.2) is 85.0 Å². The number of aliphatic hydroxyl groups is 1. The minimum absolute atomic E-state index is 0. The lowest BCUT2D eigenvalue weighted by molar-refractivity contribution is -0.0567. The normalized spacial score (nSPS) is 33.8. The van der Waals surface area contributed by atoms with Crippen molar-refractivity contribution in [2.45, 2.75) is 57.1 Å². The molecule has 2 N–H and O–H groups in total. The van der Waals surface area contributed by atoms with E-state index < -0.39 is 5.60 Å². The van der Waals surface area contributed by atoms with Gasteiger partial charge in [-0.3, -0.25) is 9.89 Å². The first-order valence-electron chi connectivity index (χ1n) is 10.7. The van der Waals surface area contributed by atoms with E-state index >= 15 is 0 Å². The molecule has 3 unspecified atom stereocenters. The van der Waals surface area contributed by atoms with Crippen molar-refractivity contribution >= 4 is 29.9 Å². The van der Waals surface area contributed by atoms with Crippen LogP contribution < -0.4 is 5.32 Å². The Hall–Kier alpha value is -0.120. The van der Waals surface area contributed by atoms with Gasteiger partial charge >= 0.3 is 0 Å². The van der Waals surface area contributed by atoms with E-state index in [9.17, 15) is 5.11 Å². The van der Waals surface area contributed by atoms with Crippen molar-refractivity contribution in [2.24, 2.45) is 16.8 Å². The molecule has 2 saturated heterocycles. The molecule has 2 bridgehead atoms. The van der Waals surface area contributed by atoms with Crippen LogP contribution >= 0.6 is 24.0 Å². The third kappa shape index (κ3) is 5.08. The minimum atomic E-state index is -0.691. The summed E-state index contributed by atoms with van der Waals surface area (Å²) in [5, 5.41) is 14.1. The molecule has 0 radical (unpaired) electrons. The Morgan fingerprint density at radius 3 is 2.48 bits per heavy atom. The highest BCUT2D eigenvalue weighted by Crippen LogP contribution is 2.46. The van der Waals surface area contributed by atoms with E-state index in [4.69, 9.17) is 9.73 Å². The fraction of sp³-hybridized carbons (Fsp3) is 0.950. The van der Waals surface area contributed by atoms with Crippen LogP contribution in [0.5, 0.6) is 0 Å². The molecule has 0 aromatic carbocycles. The Morgan fingerprint density at radius 2 is 1.89 bits per heavy atom. The molecule has 2 saturated carbocycles. The first-order chi connectivity index (χ1) is 12.7. The molecule has 4 aliphatic rings. The molecule has 27 heavy (non-hydrogen) atoms. The summed E-state index contributed by atoms with van der Waals surface area (Å²) < 4.78 is 5.38. The van der Waals surface area contributed by atoms with Gasteiger partial charge in [0.25, 0.3) is 0 Å². The van der Waals surface area contributed by atoms with Crippen LogP contribution in [0.1, 0.15) is 45.4 Å². The van der Waals surface area contributed by atoms with E-state index in [1.807, 2.05) is 0 Å². The molecule has 2 heterocycles. The fourth-order valence-corrected chi connectivity index (χ4v) is 5.48. The molecule has 0 spiro atoms. The van der Waals surface area contributed by atoms with Gasteiger partial charge in [-0.15, -0.1) is 24.0 Å². The molecule has 7 heteroatoms. The summed E-state index contributed by atoms with van der Waals surface area (Å²) in [5.41, 5.74) is -0.691. The summed E-state index contributed by atoms with van der Waals surface area (Å²) in [6.07, 6.45) is 7.24. The second-order valence-electron chi connectivity index (χ2n) is 8.77. The average molecular weight is 492 g/mol. The van der Waals surface area contributed by atoms with Crippen LogP contribution in [0.15, 0.2) is 4.99 Å². The van der Waals surface area contributed by atoms with Crippen LogP contribution in [0.25, 0.3) is 0 Å². The lowest BCUT2D eigenvalue weighted by Crippen LogP contribution is -2.55. The monoisotopic (exact) mass is 492 g/mol. The van der Waals surface area contributed by atoms with Gasteiger partial charge in [0.2, 0.25) is 0 Å². The minimum Gasteiger partial charge on any atom is -0.388 e. The van der Waals surface area contributed by atoms with E-state index in [1.54, 1.807) is 0 Å². The van der Waals surface area contributed by atoms with Gasteiger partial charge < -0.3 is 20.1 Å². The third-order valence-corrected chi connectivity index (χ3v) is 7.07. The quantitative estimate of drug-likeness (QED) is 0.357. The van der Waals surface area contributed by atoms with Crippen molar-refractivity contribution in [2.75, 3.05) is 52.5 Å². The topological polar surface area (TPSA) is 60.3 Å². The molecule has 3 atom stereocenters. The van der Waals surface area contributed by atoms with Crippen molar-refractivity contribution < 1.29 is 9.84 Å². The molecular weight excluding hydrogens is 455 g/mol. The smallest absolute Gasteiger partial charge is 0.194 e. The summed E-state index contributed by atoms with van der Waals surface area (Å²) in [4.78, 5) is 9.93.